The van der Waals surface area contributed by atoms with E-state index in [0.717, 1.165) is 58.7 Å². The molecule has 2 aromatic heterocycles. The predicted molar refractivity (Wildman–Crippen MR) is 105 cm³/mol. The summed E-state index contributed by atoms with van der Waals surface area (Å²) in [6.07, 6.45) is 3.44. The van der Waals surface area contributed by atoms with Gasteiger partial charge >= 0.3 is 5.69 Å². The fourth-order valence-electron chi connectivity index (χ4n) is 3.06. The van der Waals surface area contributed by atoms with Crippen LogP contribution in [0.15, 0.2) is 33.4 Å². The van der Waals surface area contributed by atoms with Crippen molar-refractivity contribution in [2.24, 2.45) is 0 Å². The van der Waals surface area contributed by atoms with Crippen LogP contribution in [0.5, 0.6) is 0 Å². The summed E-state index contributed by atoms with van der Waals surface area (Å²) in [6, 6.07) is 7.77. The van der Waals surface area contributed by atoms with Crippen LogP contribution in [0.1, 0.15) is 19.3 Å². The zero-order chi connectivity index (χ0) is 17.8. The summed E-state index contributed by atoms with van der Waals surface area (Å²) in [4.78, 5) is 14.9. The van der Waals surface area contributed by atoms with Gasteiger partial charge in [0.15, 0.2) is 4.34 Å². The minimum Gasteiger partial charge on any atom is -0.376 e. The van der Waals surface area contributed by atoms with E-state index in [-0.39, 0.29) is 5.69 Å². The molecular weight excluding hydrogens is 370 g/mol. The summed E-state index contributed by atoms with van der Waals surface area (Å²) in [6.45, 7) is 2.35. The molecule has 1 aliphatic rings. The van der Waals surface area contributed by atoms with Crippen molar-refractivity contribution in [3.8, 4) is 0 Å². The summed E-state index contributed by atoms with van der Waals surface area (Å²) in [5, 5.41) is 12.5. The van der Waals surface area contributed by atoms with Gasteiger partial charge in [0, 0.05) is 25.4 Å². The number of anilines is 1. The molecule has 0 saturated carbocycles. The maximum absolute atomic E-state index is 12.0. The Balaban J connectivity index is 1.24. The van der Waals surface area contributed by atoms with Gasteiger partial charge in [-0.25, -0.2) is 4.79 Å². The highest BCUT2D eigenvalue weighted by Gasteiger charge is 2.15. The number of aryl methyl sites for hydroxylation is 1. The normalized spacial score (nSPS) is 17.2. The van der Waals surface area contributed by atoms with E-state index in [2.05, 4.69) is 20.5 Å². The third-order valence-electron chi connectivity index (χ3n) is 4.34. The number of benzene rings is 1. The van der Waals surface area contributed by atoms with Crippen LogP contribution in [0.25, 0.3) is 11.0 Å². The van der Waals surface area contributed by atoms with Gasteiger partial charge in [0.1, 0.15) is 0 Å². The molecule has 0 bridgehead atoms. The minimum atomic E-state index is -0.0484. The molecule has 1 aromatic carbocycles. The van der Waals surface area contributed by atoms with Crippen LogP contribution in [0.4, 0.5) is 5.13 Å². The van der Waals surface area contributed by atoms with Gasteiger partial charge < -0.3 is 15.0 Å². The van der Waals surface area contributed by atoms with Gasteiger partial charge in [-0.2, -0.15) is 0 Å². The Bertz CT molecular complexity index is 913. The van der Waals surface area contributed by atoms with Crippen LogP contribution in [-0.2, 0) is 11.3 Å². The van der Waals surface area contributed by atoms with Crippen molar-refractivity contribution < 1.29 is 4.74 Å². The Morgan fingerprint density at radius 1 is 1.38 bits per heavy atom. The number of aromatic nitrogens is 4. The molecule has 4 rings (SSSR count). The Labute approximate surface area is 159 Å². The van der Waals surface area contributed by atoms with E-state index in [1.807, 2.05) is 24.3 Å². The van der Waals surface area contributed by atoms with E-state index in [0.29, 0.717) is 12.6 Å². The molecule has 3 heterocycles. The van der Waals surface area contributed by atoms with Gasteiger partial charge in [-0.1, -0.05) is 35.2 Å². The van der Waals surface area contributed by atoms with E-state index in [1.165, 1.54) is 0 Å². The quantitative estimate of drug-likeness (QED) is 0.454. The molecule has 1 saturated heterocycles. The highest BCUT2D eigenvalue weighted by Crippen LogP contribution is 2.26. The molecule has 7 nitrogen and oxygen atoms in total. The van der Waals surface area contributed by atoms with Gasteiger partial charge in [-0.3, -0.25) is 4.57 Å². The maximum atomic E-state index is 12.0. The van der Waals surface area contributed by atoms with Gasteiger partial charge in [0.2, 0.25) is 5.13 Å². The van der Waals surface area contributed by atoms with Gasteiger partial charge in [0.05, 0.1) is 17.1 Å². The molecule has 0 radical (unpaired) electrons. The molecule has 0 amide bonds. The number of H-pyrrole nitrogens is 1. The molecular formula is C17H21N5O2S2. The molecule has 0 spiro atoms. The van der Waals surface area contributed by atoms with Crippen LogP contribution in [0.2, 0.25) is 0 Å². The number of hydrogen-bond donors (Lipinski definition) is 2. The van der Waals surface area contributed by atoms with Crippen molar-refractivity contribution >= 4 is 39.3 Å². The van der Waals surface area contributed by atoms with Crippen molar-refractivity contribution in [1.82, 2.24) is 19.7 Å². The molecule has 2 N–H and O–H groups in total. The van der Waals surface area contributed by atoms with E-state index >= 15 is 0 Å². The second-order valence-corrected chi connectivity index (χ2v) is 8.51. The van der Waals surface area contributed by atoms with E-state index < -0.39 is 0 Å². The average Bonchev–Trinajstić information content (AvgIpc) is 3.38. The lowest BCUT2D eigenvalue weighted by atomic mass is 10.2. The Morgan fingerprint density at radius 2 is 2.31 bits per heavy atom. The first-order valence-electron chi connectivity index (χ1n) is 8.79. The van der Waals surface area contributed by atoms with E-state index in [4.69, 9.17) is 4.74 Å². The number of para-hydroxylation sites is 2. The average molecular weight is 392 g/mol. The lowest BCUT2D eigenvalue weighted by Gasteiger charge is -2.08. The van der Waals surface area contributed by atoms with Crippen molar-refractivity contribution in [3.63, 3.8) is 0 Å². The number of ether oxygens (including phenoxy) is 1. The molecule has 1 fully saturated rings. The van der Waals surface area contributed by atoms with Gasteiger partial charge in [0.25, 0.3) is 0 Å². The van der Waals surface area contributed by atoms with Crippen LogP contribution in [0.3, 0.4) is 0 Å². The zero-order valence-corrected chi connectivity index (χ0v) is 15.9. The summed E-state index contributed by atoms with van der Waals surface area (Å²) in [5.74, 6) is 0.895. The minimum absolute atomic E-state index is 0.0484. The number of nitrogens with zero attached hydrogens (tertiary/aromatic N) is 3. The SMILES string of the molecule is O=c1[nH]c2ccccc2n1CCCSc1nnc(NC[C@H]2CCCO2)s1. The van der Waals surface area contributed by atoms with Crippen LogP contribution in [-0.4, -0.2) is 44.8 Å². The Kier molecular flexibility index (Phi) is 5.57. The van der Waals surface area contributed by atoms with Crippen LogP contribution in [0, 0.1) is 0 Å². The molecule has 0 aliphatic carbocycles. The molecule has 1 atom stereocenters. The van der Waals surface area contributed by atoms with Crippen molar-refractivity contribution in [3.05, 3.63) is 34.7 Å². The van der Waals surface area contributed by atoms with Crippen molar-refractivity contribution in [2.75, 3.05) is 24.2 Å². The maximum Gasteiger partial charge on any atom is 0.326 e. The number of fused-ring (bicyclic) bond motifs is 1. The van der Waals surface area contributed by atoms with Crippen molar-refractivity contribution in [2.45, 2.75) is 36.3 Å². The predicted octanol–water partition coefficient (Wildman–Crippen LogP) is 2.95. The summed E-state index contributed by atoms with van der Waals surface area (Å²) in [5.41, 5.74) is 1.79. The fourth-order valence-corrected chi connectivity index (χ4v) is 4.81. The highest BCUT2D eigenvalue weighted by molar-refractivity contribution is 8.01. The summed E-state index contributed by atoms with van der Waals surface area (Å²) in [7, 11) is 0. The Morgan fingerprint density at radius 3 is 3.19 bits per heavy atom. The molecule has 0 unspecified atom stereocenters. The van der Waals surface area contributed by atoms with E-state index in [1.54, 1.807) is 27.7 Å². The monoisotopic (exact) mass is 391 g/mol. The smallest absolute Gasteiger partial charge is 0.326 e. The molecule has 9 heteroatoms. The third kappa shape index (κ3) is 4.11. The zero-order valence-electron chi connectivity index (χ0n) is 14.3. The van der Waals surface area contributed by atoms with Crippen LogP contribution >= 0.6 is 23.1 Å². The fraction of sp³-hybridized carbons (Fsp3) is 0.471. The summed E-state index contributed by atoms with van der Waals surface area (Å²) >= 11 is 3.25. The number of aromatic amines is 1. The Hall–Kier alpha value is -1.84. The highest BCUT2D eigenvalue weighted by atomic mass is 32.2. The second-order valence-electron chi connectivity index (χ2n) is 6.19. The third-order valence-corrected chi connectivity index (χ3v) is 6.45. The second kappa shape index (κ2) is 8.24. The number of thioether (sulfide) groups is 1. The first-order valence-corrected chi connectivity index (χ1v) is 10.6. The largest absolute Gasteiger partial charge is 0.376 e. The first kappa shape index (κ1) is 17.6. The lowest BCUT2D eigenvalue weighted by molar-refractivity contribution is 0.120. The van der Waals surface area contributed by atoms with Gasteiger partial charge in [-0.05, 0) is 31.4 Å². The number of hydrogen-bond acceptors (Lipinski definition) is 7. The topological polar surface area (TPSA) is 84.8 Å². The standard InChI is InChI=1S/C17H21N5O2S2/c23-16-19-13-6-1-2-7-14(13)22(16)8-4-10-25-17-21-20-15(26-17)18-11-12-5-3-9-24-12/h1-2,6-7,12H,3-5,8-11H2,(H,18,20)(H,19,23)/t12-/m1/s1. The first-order chi connectivity index (χ1) is 12.8. The number of imidazole rings is 1. The molecule has 138 valence electrons. The van der Waals surface area contributed by atoms with Crippen LogP contribution < -0.4 is 11.0 Å². The van der Waals surface area contributed by atoms with Crippen molar-refractivity contribution in [1.29, 1.82) is 0 Å². The molecule has 26 heavy (non-hydrogen) atoms. The lowest BCUT2D eigenvalue weighted by Crippen LogP contribution is -2.18. The molecule has 3 aromatic rings. The van der Waals surface area contributed by atoms with E-state index in [9.17, 15) is 4.79 Å². The van der Waals surface area contributed by atoms with Gasteiger partial charge in [-0.15, -0.1) is 10.2 Å². The molecule has 1 aliphatic heterocycles. The summed E-state index contributed by atoms with van der Waals surface area (Å²) < 4.78 is 8.34. The number of rotatable bonds is 8. The number of nitrogens with one attached hydrogen (secondary N) is 2.